The zero-order chi connectivity index (χ0) is 14.1. The van der Waals surface area contributed by atoms with Crippen LogP contribution in [-0.4, -0.2) is 6.79 Å². The highest BCUT2D eigenvalue weighted by Crippen LogP contribution is 2.33. The molecule has 0 atom stereocenters. The van der Waals surface area contributed by atoms with Gasteiger partial charge >= 0.3 is 0 Å². The number of benzene rings is 2. The van der Waals surface area contributed by atoms with Crippen molar-refractivity contribution in [1.29, 1.82) is 0 Å². The summed E-state index contributed by atoms with van der Waals surface area (Å²) in [6.45, 7) is 0.538. The minimum absolute atomic E-state index is 0.234. The van der Waals surface area contributed by atoms with Crippen molar-refractivity contribution >= 4 is 21.6 Å². The van der Waals surface area contributed by atoms with Crippen molar-refractivity contribution in [2.45, 2.75) is 6.61 Å². The van der Waals surface area contributed by atoms with E-state index >= 15 is 0 Å². The molecule has 0 unspecified atom stereocenters. The van der Waals surface area contributed by atoms with Crippen molar-refractivity contribution in [2.24, 2.45) is 0 Å². The Balaban J connectivity index is 1.75. The lowest BCUT2D eigenvalue weighted by Crippen LogP contribution is -1.99. The van der Waals surface area contributed by atoms with E-state index in [0.717, 1.165) is 11.3 Å². The molecule has 2 aromatic rings. The molecule has 2 aromatic carbocycles. The van der Waals surface area contributed by atoms with Crippen molar-refractivity contribution in [3.63, 3.8) is 0 Å². The maximum absolute atomic E-state index is 13.3. The maximum Gasteiger partial charge on any atom is 0.231 e. The first-order valence-corrected chi connectivity index (χ1v) is 6.68. The monoisotopic (exact) mass is 339 g/mol. The maximum atomic E-state index is 13.3. The molecular formula is C14H11BrFNO3. The zero-order valence-electron chi connectivity index (χ0n) is 10.4. The number of fused-ring (bicyclic) bond motifs is 1. The highest BCUT2D eigenvalue weighted by molar-refractivity contribution is 9.10. The van der Waals surface area contributed by atoms with Gasteiger partial charge in [0.2, 0.25) is 6.79 Å². The van der Waals surface area contributed by atoms with Crippen LogP contribution < -0.4 is 19.9 Å². The van der Waals surface area contributed by atoms with Gasteiger partial charge in [-0.15, -0.1) is 0 Å². The van der Waals surface area contributed by atoms with Gasteiger partial charge < -0.3 is 19.9 Å². The zero-order valence-corrected chi connectivity index (χ0v) is 11.9. The highest BCUT2D eigenvalue weighted by atomic mass is 79.9. The quantitative estimate of drug-likeness (QED) is 0.870. The summed E-state index contributed by atoms with van der Waals surface area (Å²) in [4.78, 5) is 0. The van der Waals surface area contributed by atoms with Crippen LogP contribution in [-0.2, 0) is 6.61 Å². The fraction of sp³-hybridized carbons (Fsp3) is 0.143. The van der Waals surface area contributed by atoms with E-state index in [1.807, 2.05) is 18.2 Å². The molecular weight excluding hydrogens is 329 g/mol. The van der Waals surface area contributed by atoms with E-state index in [4.69, 9.17) is 19.9 Å². The molecule has 104 valence electrons. The second kappa shape index (κ2) is 5.20. The van der Waals surface area contributed by atoms with Gasteiger partial charge in [0.15, 0.2) is 11.5 Å². The van der Waals surface area contributed by atoms with Gasteiger partial charge in [0, 0.05) is 6.07 Å². The summed E-state index contributed by atoms with van der Waals surface area (Å²) in [5, 5.41) is 0. The number of nitrogens with two attached hydrogens (primary N) is 1. The van der Waals surface area contributed by atoms with Gasteiger partial charge in [0.25, 0.3) is 0 Å². The molecule has 6 heteroatoms. The first kappa shape index (κ1) is 13.1. The molecule has 3 rings (SSSR count). The summed E-state index contributed by atoms with van der Waals surface area (Å²) in [5.74, 6) is 1.42. The van der Waals surface area contributed by atoms with E-state index in [-0.39, 0.29) is 12.5 Å². The van der Waals surface area contributed by atoms with Crippen LogP contribution in [0.4, 0.5) is 10.1 Å². The minimum atomic E-state index is -0.419. The summed E-state index contributed by atoms with van der Waals surface area (Å²) in [7, 11) is 0. The van der Waals surface area contributed by atoms with Gasteiger partial charge in [-0.2, -0.15) is 0 Å². The number of ether oxygens (including phenoxy) is 3. The smallest absolute Gasteiger partial charge is 0.231 e. The van der Waals surface area contributed by atoms with Crippen molar-refractivity contribution in [3.05, 3.63) is 46.2 Å². The number of nitrogen functional groups attached to an aromatic ring is 1. The summed E-state index contributed by atoms with van der Waals surface area (Å²) in [6, 6.07) is 8.28. The van der Waals surface area contributed by atoms with Crippen LogP contribution in [0.1, 0.15) is 5.56 Å². The number of hydrogen-bond donors (Lipinski definition) is 1. The van der Waals surface area contributed by atoms with Crippen molar-refractivity contribution < 1.29 is 18.6 Å². The Hall–Kier alpha value is -1.95. The number of rotatable bonds is 3. The summed E-state index contributed by atoms with van der Waals surface area (Å²) in [5.41, 5.74) is 6.88. The summed E-state index contributed by atoms with van der Waals surface area (Å²) in [6.07, 6.45) is 0. The molecule has 4 nitrogen and oxygen atoms in total. The van der Waals surface area contributed by atoms with Gasteiger partial charge in [0.1, 0.15) is 18.2 Å². The molecule has 0 saturated heterocycles. The third-order valence-corrected chi connectivity index (χ3v) is 3.49. The highest BCUT2D eigenvalue weighted by Gasteiger charge is 2.14. The Morgan fingerprint density at radius 1 is 1.20 bits per heavy atom. The largest absolute Gasteiger partial charge is 0.487 e. The van der Waals surface area contributed by atoms with E-state index in [2.05, 4.69) is 15.9 Å². The lowest BCUT2D eigenvalue weighted by molar-refractivity contribution is 0.174. The van der Waals surface area contributed by atoms with E-state index in [1.54, 1.807) is 0 Å². The Kier molecular flexibility index (Phi) is 3.40. The second-order valence-corrected chi connectivity index (χ2v) is 5.13. The molecule has 0 radical (unpaired) electrons. The number of halogens is 2. The van der Waals surface area contributed by atoms with Crippen molar-refractivity contribution in [3.8, 4) is 17.2 Å². The molecule has 0 amide bonds. The molecule has 1 aliphatic heterocycles. The third-order valence-electron chi connectivity index (χ3n) is 2.88. The molecule has 20 heavy (non-hydrogen) atoms. The predicted octanol–water partition coefficient (Wildman–Crippen LogP) is 3.48. The summed E-state index contributed by atoms with van der Waals surface area (Å²) >= 11 is 3.10. The molecule has 1 heterocycles. The van der Waals surface area contributed by atoms with Crippen LogP contribution in [0.25, 0.3) is 0 Å². The molecule has 0 bridgehead atoms. The minimum Gasteiger partial charge on any atom is -0.487 e. The molecule has 0 fully saturated rings. The van der Waals surface area contributed by atoms with E-state index < -0.39 is 5.82 Å². The first-order valence-electron chi connectivity index (χ1n) is 5.89. The fourth-order valence-corrected chi connectivity index (χ4v) is 2.18. The molecule has 0 spiro atoms. The van der Waals surface area contributed by atoms with Crippen LogP contribution in [0.5, 0.6) is 17.2 Å². The van der Waals surface area contributed by atoms with E-state index in [9.17, 15) is 4.39 Å². The van der Waals surface area contributed by atoms with Crippen LogP contribution in [0.15, 0.2) is 34.8 Å². The Morgan fingerprint density at radius 3 is 2.85 bits per heavy atom. The van der Waals surface area contributed by atoms with Crippen LogP contribution in [0.3, 0.4) is 0 Å². The number of hydrogen-bond acceptors (Lipinski definition) is 4. The van der Waals surface area contributed by atoms with E-state index in [1.165, 1.54) is 12.1 Å². The van der Waals surface area contributed by atoms with Gasteiger partial charge in [-0.05, 0) is 39.7 Å². The van der Waals surface area contributed by atoms with E-state index in [0.29, 0.717) is 22.6 Å². The van der Waals surface area contributed by atoms with Gasteiger partial charge in [-0.3, -0.25) is 0 Å². The number of anilines is 1. The van der Waals surface area contributed by atoms with Crippen molar-refractivity contribution in [2.75, 3.05) is 12.5 Å². The Morgan fingerprint density at radius 2 is 2.00 bits per heavy atom. The normalized spacial score (nSPS) is 12.5. The molecule has 2 N–H and O–H groups in total. The molecule has 1 aliphatic rings. The van der Waals surface area contributed by atoms with Gasteiger partial charge in [-0.1, -0.05) is 6.07 Å². The summed E-state index contributed by atoms with van der Waals surface area (Å²) < 4.78 is 29.7. The standard InChI is InChI=1S/C14H11BrFNO3/c15-9-4-13(11(17)5-10(9)16)18-6-8-1-2-12-14(3-8)20-7-19-12/h1-5H,6-7,17H2. The van der Waals surface area contributed by atoms with Crippen LogP contribution >= 0.6 is 15.9 Å². The van der Waals surface area contributed by atoms with Crippen LogP contribution in [0, 0.1) is 5.82 Å². The Bertz CT molecular complexity index is 663. The van der Waals surface area contributed by atoms with Gasteiger partial charge in [0.05, 0.1) is 10.2 Å². The third kappa shape index (κ3) is 2.51. The lowest BCUT2D eigenvalue weighted by atomic mass is 10.2. The Labute approximate surface area is 123 Å². The van der Waals surface area contributed by atoms with Crippen molar-refractivity contribution in [1.82, 2.24) is 0 Å². The lowest BCUT2D eigenvalue weighted by Gasteiger charge is -2.10. The van der Waals surface area contributed by atoms with Crippen LogP contribution in [0.2, 0.25) is 0 Å². The topological polar surface area (TPSA) is 53.7 Å². The molecule has 0 saturated carbocycles. The average Bonchev–Trinajstić information content (AvgIpc) is 2.89. The molecule has 0 aromatic heterocycles. The molecule has 0 aliphatic carbocycles. The fourth-order valence-electron chi connectivity index (χ4n) is 1.86. The first-order chi connectivity index (χ1) is 9.63. The second-order valence-electron chi connectivity index (χ2n) is 4.28. The predicted molar refractivity (Wildman–Crippen MR) is 75.4 cm³/mol. The average molecular weight is 340 g/mol. The SMILES string of the molecule is Nc1cc(F)c(Br)cc1OCc1ccc2c(c1)OCO2. The van der Waals surface area contributed by atoms with Gasteiger partial charge in [-0.25, -0.2) is 4.39 Å².